The zero-order valence-corrected chi connectivity index (χ0v) is 15.3. The van der Waals surface area contributed by atoms with Gasteiger partial charge in [-0.2, -0.15) is 0 Å². The van der Waals surface area contributed by atoms with Crippen molar-refractivity contribution in [1.29, 1.82) is 0 Å². The highest BCUT2D eigenvalue weighted by Gasteiger charge is 2.48. The summed E-state index contributed by atoms with van der Waals surface area (Å²) in [5.41, 5.74) is 1.13. The number of benzene rings is 2. The largest absolute Gasteiger partial charge is 0.481 e. The summed E-state index contributed by atoms with van der Waals surface area (Å²) in [6.07, 6.45) is 3.71. The van der Waals surface area contributed by atoms with E-state index < -0.39 is 12.0 Å². The lowest BCUT2D eigenvalue weighted by atomic mass is 9.58. The second kappa shape index (κ2) is 7.31. The first kappa shape index (κ1) is 18.0. The molecule has 1 spiro atoms. The van der Waals surface area contributed by atoms with Gasteiger partial charge in [-0.1, -0.05) is 42.5 Å². The molecule has 1 aliphatic heterocycles. The van der Waals surface area contributed by atoms with Crippen LogP contribution in [0.25, 0.3) is 10.8 Å². The summed E-state index contributed by atoms with van der Waals surface area (Å²) in [5, 5.41) is 14.4. The Bertz CT molecular complexity index is 843. The Kier molecular flexibility index (Phi) is 4.87. The molecule has 1 heterocycles. The second-order valence-electron chi connectivity index (χ2n) is 7.94. The molecule has 1 atom stereocenters. The number of hydrogen-bond donors (Lipinski definition) is 2. The molecule has 0 bridgehead atoms. The van der Waals surface area contributed by atoms with Crippen LogP contribution in [0.3, 0.4) is 0 Å². The molecule has 27 heavy (non-hydrogen) atoms. The van der Waals surface area contributed by atoms with E-state index in [2.05, 4.69) is 5.32 Å². The monoisotopic (exact) mass is 367 g/mol. The summed E-state index contributed by atoms with van der Waals surface area (Å²) in [7, 11) is 0. The molecule has 4 rings (SSSR count). The molecule has 1 amide bonds. The van der Waals surface area contributed by atoms with Crippen LogP contribution in [-0.4, -0.2) is 30.2 Å². The molecule has 2 N–H and O–H groups in total. The number of rotatable bonds is 5. The summed E-state index contributed by atoms with van der Waals surface area (Å²) in [6.45, 7) is 1.57. The van der Waals surface area contributed by atoms with Gasteiger partial charge in [0, 0.05) is 19.1 Å². The number of carboxylic acid groups (broad SMARTS) is 1. The van der Waals surface area contributed by atoms with Crippen LogP contribution >= 0.6 is 0 Å². The van der Waals surface area contributed by atoms with E-state index in [1.54, 1.807) is 0 Å². The highest BCUT2D eigenvalue weighted by atomic mass is 16.5. The van der Waals surface area contributed by atoms with Crippen LogP contribution in [0, 0.1) is 11.3 Å². The van der Waals surface area contributed by atoms with Crippen molar-refractivity contribution in [1.82, 2.24) is 5.32 Å². The molecular weight excluding hydrogens is 342 g/mol. The van der Waals surface area contributed by atoms with Crippen LogP contribution in [0.4, 0.5) is 0 Å². The van der Waals surface area contributed by atoms with E-state index in [0.29, 0.717) is 0 Å². The van der Waals surface area contributed by atoms with Gasteiger partial charge in [0.1, 0.15) is 0 Å². The average molecular weight is 367 g/mol. The number of carbonyl (C=O) groups is 2. The molecule has 0 unspecified atom stereocenters. The van der Waals surface area contributed by atoms with E-state index in [4.69, 9.17) is 4.74 Å². The molecule has 2 aromatic rings. The van der Waals surface area contributed by atoms with Gasteiger partial charge in [0.05, 0.1) is 12.5 Å². The fourth-order valence-electron chi connectivity index (χ4n) is 4.64. The highest BCUT2D eigenvalue weighted by Crippen LogP contribution is 2.52. The van der Waals surface area contributed by atoms with E-state index in [0.717, 1.165) is 55.2 Å². The third kappa shape index (κ3) is 3.69. The van der Waals surface area contributed by atoms with Crippen molar-refractivity contribution in [2.75, 3.05) is 13.2 Å². The summed E-state index contributed by atoms with van der Waals surface area (Å²) in [6, 6.07) is 13.2. The maximum absolute atomic E-state index is 12.8. The molecule has 1 saturated carbocycles. The van der Waals surface area contributed by atoms with Crippen molar-refractivity contribution in [3.8, 4) is 0 Å². The Morgan fingerprint density at radius 1 is 1.11 bits per heavy atom. The quantitative estimate of drug-likeness (QED) is 0.845. The lowest BCUT2D eigenvalue weighted by molar-refractivity contribution is -0.140. The molecule has 142 valence electrons. The van der Waals surface area contributed by atoms with Crippen LogP contribution in [0.1, 0.15) is 43.7 Å². The molecule has 2 aliphatic rings. The maximum atomic E-state index is 12.8. The van der Waals surface area contributed by atoms with Gasteiger partial charge >= 0.3 is 5.97 Å². The number of hydrogen-bond acceptors (Lipinski definition) is 3. The van der Waals surface area contributed by atoms with E-state index in [9.17, 15) is 14.7 Å². The molecule has 5 nitrogen and oxygen atoms in total. The van der Waals surface area contributed by atoms with E-state index in [1.165, 1.54) is 0 Å². The number of carbonyl (C=O) groups excluding carboxylic acids is 1. The van der Waals surface area contributed by atoms with Crippen LogP contribution in [-0.2, 0) is 14.3 Å². The van der Waals surface area contributed by atoms with Crippen molar-refractivity contribution in [3.05, 3.63) is 48.0 Å². The molecule has 1 saturated heterocycles. The minimum atomic E-state index is -0.914. The Hall–Kier alpha value is -2.40. The first-order valence-electron chi connectivity index (χ1n) is 9.64. The number of fused-ring (bicyclic) bond motifs is 1. The van der Waals surface area contributed by atoms with Crippen molar-refractivity contribution in [2.45, 2.75) is 38.1 Å². The summed E-state index contributed by atoms with van der Waals surface area (Å²) < 4.78 is 5.44. The Balaban J connectivity index is 1.51. The van der Waals surface area contributed by atoms with Crippen LogP contribution < -0.4 is 5.32 Å². The molecule has 1 aliphatic carbocycles. The molecule has 2 aromatic carbocycles. The summed E-state index contributed by atoms with van der Waals surface area (Å²) in [5.74, 6) is -0.955. The molecular formula is C22H25NO4. The average Bonchev–Trinajstić information content (AvgIpc) is 2.65. The predicted molar refractivity (Wildman–Crippen MR) is 102 cm³/mol. The van der Waals surface area contributed by atoms with Gasteiger partial charge in [0.2, 0.25) is 5.91 Å². The smallest absolute Gasteiger partial charge is 0.305 e. The number of nitrogens with one attached hydrogen (secondary N) is 1. The van der Waals surface area contributed by atoms with Crippen LogP contribution in [0.5, 0.6) is 0 Å². The minimum Gasteiger partial charge on any atom is -0.481 e. The number of carboxylic acids is 1. The third-order valence-electron chi connectivity index (χ3n) is 6.18. The zero-order chi connectivity index (χ0) is 18.9. The van der Waals surface area contributed by atoms with Gasteiger partial charge in [-0.05, 0) is 47.4 Å². The lowest BCUT2D eigenvalue weighted by Crippen LogP contribution is -2.48. The van der Waals surface area contributed by atoms with Crippen molar-refractivity contribution in [3.63, 3.8) is 0 Å². The predicted octanol–water partition coefficient (Wildman–Crippen LogP) is 3.68. The Morgan fingerprint density at radius 2 is 1.81 bits per heavy atom. The van der Waals surface area contributed by atoms with Gasteiger partial charge in [-0.25, -0.2) is 0 Å². The minimum absolute atomic E-state index is 0.0191. The summed E-state index contributed by atoms with van der Waals surface area (Å²) >= 11 is 0. The van der Waals surface area contributed by atoms with Gasteiger partial charge in [0.25, 0.3) is 0 Å². The SMILES string of the molecule is O=C(O)C[C@H](NC(=O)C1CC2(CCOCC2)C1)c1cccc2ccccc12. The fraction of sp³-hybridized carbons (Fsp3) is 0.455. The maximum Gasteiger partial charge on any atom is 0.305 e. The van der Waals surface area contributed by atoms with E-state index >= 15 is 0 Å². The topological polar surface area (TPSA) is 75.6 Å². The van der Waals surface area contributed by atoms with Gasteiger partial charge < -0.3 is 15.2 Å². The lowest BCUT2D eigenvalue weighted by Gasteiger charge is -2.49. The van der Waals surface area contributed by atoms with E-state index in [-0.39, 0.29) is 23.7 Å². The molecule has 5 heteroatoms. The molecule has 2 fully saturated rings. The molecule has 0 aromatic heterocycles. The van der Waals surface area contributed by atoms with Crippen molar-refractivity contribution < 1.29 is 19.4 Å². The normalized spacial score (nSPS) is 20.1. The van der Waals surface area contributed by atoms with Crippen molar-refractivity contribution >= 4 is 22.6 Å². The summed E-state index contributed by atoms with van der Waals surface area (Å²) in [4.78, 5) is 24.2. The fourth-order valence-corrected chi connectivity index (χ4v) is 4.64. The van der Waals surface area contributed by atoms with Gasteiger partial charge in [-0.15, -0.1) is 0 Å². The van der Waals surface area contributed by atoms with Crippen LogP contribution in [0.15, 0.2) is 42.5 Å². The highest BCUT2D eigenvalue weighted by molar-refractivity contribution is 5.88. The Morgan fingerprint density at radius 3 is 2.56 bits per heavy atom. The third-order valence-corrected chi connectivity index (χ3v) is 6.18. The van der Waals surface area contributed by atoms with Crippen molar-refractivity contribution in [2.24, 2.45) is 11.3 Å². The standard InChI is InChI=1S/C22H25NO4/c24-20(25)12-19(18-7-3-5-15-4-1-2-6-17(15)18)23-21(26)16-13-22(14-16)8-10-27-11-9-22/h1-7,16,19H,8-14H2,(H,23,26)(H,24,25)/t19-/m0/s1. The van der Waals surface area contributed by atoms with Gasteiger partial charge in [0.15, 0.2) is 0 Å². The van der Waals surface area contributed by atoms with E-state index in [1.807, 2.05) is 42.5 Å². The Labute approximate surface area is 158 Å². The number of amides is 1. The zero-order valence-electron chi connectivity index (χ0n) is 15.3. The number of ether oxygens (including phenoxy) is 1. The van der Waals surface area contributed by atoms with Gasteiger partial charge in [-0.3, -0.25) is 9.59 Å². The first-order valence-corrected chi connectivity index (χ1v) is 9.64. The first-order chi connectivity index (χ1) is 13.1. The molecule has 0 radical (unpaired) electrons. The van der Waals surface area contributed by atoms with Crippen LogP contribution in [0.2, 0.25) is 0 Å². The second-order valence-corrected chi connectivity index (χ2v) is 7.94. The number of aliphatic carboxylic acids is 1.